The van der Waals surface area contributed by atoms with Crippen molar-refractivity contribution in [1.82, 2.24) is 4.90 Å². The molecular weight excluding hydrogens is 200 g/mol. The summed E-state index contributed by atoms with van der Waals surface area (Å²) in [7, 11) is 0. The van der Waals surface area contributed by atoms with Crippen LogP contribution in [-0.2, 0) is 17.7 Å². The van der Waals surface area contributed by atoms with Crippen molar-refractivity contribution in [2.75, 3.05) is 32.0 Å². The molecule has 3 heteroatoms. The van der Waals surface area contributed by atoms with Crippen molar-refractivity contribution in [3.8, 4) is 0 Å². The third kappa shape index (κ3) is 2.74. The highest BCUT2D eigenvalue weighted by Crippen LogP contribution is 2.20. The number of nitrogen functional groups attached to an aromatic ring is 1. The van der Waals surface area contributed by atoms with Gasteiger partial charge in [0, 0.05) is 31.9 Å². The molecule has 0 spiro atoms. The van der Waals surface area contributed by atoms with E-state index in [2.05, 4.69) is 17.0 Å². The van der Waals surface area contributed by atoms with Gasteiger partial charge in [0.15, 0.2) is 0 Å². The van der Waals surface area contributed by atoms with Gasteiger partial charge in [-0.2, -0.15) is 0 Å². The Morgan fingerprint density at radius 2 is 2.25 bits per heavy atom. The summed E-state index contributed by atoms with van der Waals surface area (Å²) in [5.74, 6) is 0. The van der Waals surface area contributed by atoms with Gasteiger partial charge in [-0.15, -0.1) is 0 Å². The quantitative estimate of drug-likeness (QED) is 0.619. The number of nitrogens with two attached hydrogens (primary N) is 1. The molecule has 0 saturated heterocycles. The molecule has 0 amide bonds. The Labute approximate surface area is 97.2 Å². The van der Waals surface area contributed by atoms with Crippen LogP contribution in [0, 0.1) is 0 Å². The van der Waals surface area contributed by atoms with Crippen molar-refractivity contribution in [3.05, 3.63) is 29.3 Å². The third-order valence-electron chi connectivity index (χ3n) is 3.08. The van der Waals surface area contributed by atoms with Crippen LogP contribution >= 0.6 is 0 Å². The number of anilines is 1. The van der Waals surface area contributed by atoms with Crippen molar-refractivity contribution in [2.45, 2.75) is 19.9 Å². The molecule has 1 aliphatic heterocycles. The highest BCUT2D eigenvalue weighted by Gasteiger charge is 2.15. The molecule has 0 unspecified atom stereocenters. The van der Waals surface area contributed by atoms with Crippen LogP contribution in [0.4, 0.5) is 5.69 Å². The lowest BCUT2D eigenvalue weighted by molar-refractivity contribution is 0.108. The van der Waals surface area contributed by atoms with Gasteiger partial charge in [-0.3, -0.25) is 4.90 Å². The first-order valence-electron chi connectivity index (χ1n) is 5.97. The van der Waals surface area contributed by atoms with Crippen molar-refractivity contribution in [1.29, 1.82) is 0 Å². The first-order chi connectivity index (χ1) is 7.79. The molecule has 2 rings (SSSR count). The minimum Gasteiger partial charge on any atom is -0.399 e. The molecule has 0 radical (unpaired) electrons. The highest BCUT2D eigenvalue weighted by atomic mass is 16.5. The zero-order chi connectivity index (χ0) is 11.4. The number of rotatable bonds is 4. The molecule has 0 aliphatic carbocycles. The zero-order valence-electron chi connectivity index (χ0n) is 9.91. The summed E-state index contributed by atoms with van der Waals surface area (Å²) in [5.41, 5.74) is 9.48. The first kappa shape index (κ1) is 11.4. The summed E-state index contributed by atoms with van der Waals surface area (Å²) in [6, 6.07) is 6.25. The van der Waals surface area contributed by atoms with Crippen LogP contribution < -0.4 is 5.73 Å². The molecule has 88 valence electrons. The van der Waals surface area contributed by atoms with Crippen LogP contribution in [0.1, 0.15) is 18.1 Å². The third-order valence-corrected chi connectivity index (χ3v) is 3.08. The average molecular weight is 220 g/mol. The highest BCUT2D eigenvalue weighted by molar-refractivity contribution is 5.45. The number of fused-ring (bicyclic) bond motifs is 1. The predicted molar refractivity (Wildman–Crippen MR) is 66.3 cm³/mol. The normalized spacial score (nSPS) is 16.1. The number of nitrogens with zero attached hydrogens (tertiary/aromatic N) is 1. The molecule has 0 aromatic heterocycles. The topological polar surface area (TPSA) is 38.5 Å². The van der Waals surface area contributed by atoms with Gasteiger partial charge in [0.05, 0.1) is 6.61 Å². The second-order valence-electron chi connectivity index (χ2n) is 4.25. The molecular formula is C13H20N2O. The van der Waals surface area contributed by atoms with E-state index in [4.69, 9.17) is 10.5 Å². The molecule has 0 fully saturated rings. The summed E-state index contributed by atoms with van der Waals surface area (Å²) in [6.45, 7) is 6.85. The van der Waals surface area contributed by atoms with Crippen LogP contribution in [0.2, 0.25) is 0 Å². The Kier molecular flexibility index (Phi) is 3.80. The summed E-state index contributed by atoms with van der Waals surface area (Å²) >= 11 is 0. The molecule has 0 bridgehead atoms. The molecule has 1 aromatic rings. The van der Waals surface area contributed by atoms with E-state index in [1.54, 1.807) is 0 Å². The van der Waals surface area contributed by atoms with Gasteiger partial charge in [0.1, 0.15) is 0 Å². The maximum atomic E-state index is 5.78. The number of ether oxygens (including phenoxy) is 1. The molecule has 1 heterocycles. The van der Waals surface area contributed by atoms with Crippen molar-refractivity contribution < 1.29 is 4.74 Å². The lowest BCUT2D eigenvalue weighted by Crippen LogP contribution is -2.33. The van der Waals surface area contributed by atoms with Crippen LogP contribution in [0.25, 0.3) is 0 Å². The van der Waals surface area contributed by atoms with E-state index in [1.807, 2.05) is 13.0 Å². The Morgan fingerprint density at radius 3 is 3.06 bits per heavy atom. The van der Waals surface area contributed by atoms with Gasteiger partial charge in [-0.05, 0) is 36.6 Å². The Bertz CT molecular complexity index is 352. The van der Waals surface area contributed by atoms with Crippen LogP contribution in [0.3, 0.4) is 0 Å². The number of benzene rings is 1. The smallest absolute Gasteiger partial charge is 0.0593 e. The fourth-order valence-corrected chi connectivity index (χ4v) is 2.16. The van der Waals surface area contributed by atoms with Crippen LogP contribution in [0.15, 0.2) is 18.2 Å². The lowest BCUT2D eigenvalue weighted by Gasteiger charge is -2.28. The average Bonchev–Trinajstić information content (AvgIpc) is 2.29. The van der Waals surface area contributed by atoms with E-state index in [-0.39, 0.29) is 0 Å². The molecule has 16 heavy (non-hydrogen) atoms. The Balaban J connectivity index is 1.93. The largest absolute Gasteiger partial charge is 0.399 e. The molecule has 2 N–H and O–H groups in total. The van der Waals surface area contributed by atoms with Gasteiger partial charge in [-0.1, -0.05) is 6.07 Å². The molecule has 1 aromatic carbocycles. The number of hydrogen-bond acceptors (Lipinski definition) is 3. The van der Waals surface area contributed by atoms with Gasteiger partial charge in [0.2, 0.25) is 0 Å². The van der Waals surface area contributed by atoms with E-state index in [0.717, 1.165) is 45.0 Å². The maximum Gasteiger partial charge on any atom is 0.0593 e. The number of hydrogen-bond donors (Lipinski definition) is 1. The Morgan fingerprint density at radius 1 is 1.38 bits per heavy atom. The molecule has 1 aliphatic rings. The Hall–Kier alpha value is -1.06. The minimum absolute atomic E-state index is 0.807. The van der Waals surface area contributed by atoms with Crippen molar-refractivity contribution in [3.63, 3.8) is 0 Å². The SMILES string of the molecule is CCOCCN1CCc2cc(N)ccc2C1. The van der Waals surface area contributed by atoms with E-state index >= 15 is 0 Å². The van der Waals surface area contributed by atoms with Crippen molar-refractivity contribution >= 4 is 5.69 Å². The summed E-state index contributed by atoms with van der Waals surface area (Å²) < 4.78 is 5.38. The fraction of sp³-hybridized carbons (Fsp3) is 0.538. The van der Waals surface area contributed by atoms with Gasteiger partial charge >= 0.3 is 0 Å². The minimum atomic E-state index is 0.807. The van der Waals surface area contributed by atoms with Crippen LogP contribution in [-0.4, -0.2) is 31.2 Å². The predicted octanol–water partition coefficient (Wildman–Crippen LogP) is 1.66. The van der Waals surface area contributed by atoms with Crippen LogP contribution in [0.5, 0.6) is 0 Å². The second-order valence-corrected chi connectivity index (χ2v) is 4.25. The standard InChI is InChI=1S/C13H20N2O/c1-2-16-8-7-15-6-5-11-9-13(14)4-3-12(11)10-15/h3-4,9H,2,5-8,10,14H2,1H3. The zero-order valence-corrected chi connectivity index (χ0v) is 9.91. The van der Waals surface area contributed by atoms with E-state index in [9.17, 15) is 0 Å². The second kappa shape index (κ2) is 5.32. The maximum absolute atomic E-state index is 5.78. The van der Waals surface area contributed by atoms with E-state index in [0.29, 0.717) is 0 Å². The van der Waals surface area contributed by atoms with E-state index < -0.39 is 0 Å². The molecule has 0 atom stereocenters. The van der Waals surface area contributed by atoms with Gasteiger partial charge in [0.25, 0.3) is 0 Å². The van der Waals surface area contributed by atoms with Gasteiger partial charge < -0.3 is 10.5 Å². The molecule has 3 nitrogen and oxygen atoms in total. The van der Waals surface area contributed by atoms with E-state index in [1.165, 1.54) is 11.1 Å². The van der Waals surface area contributed by atoms with Crippen molar-refractivity contribution in [2.24, 2.45) is 0 Å². The summed E-state index contributed by atoms with van der Waals surface area (Å²) in [5, 5.41) is 0. The fourth-order valence-electron chi connectivity index (χ4n) is 2.16. The lowest BCUT2D eigenvalue weighted by atomic mass is 9.99. The molecule has 0 saturated carbocycles. The summed E-state index contributed by atoms with van der Waals surface area (Å²) in [4.78, 5) is 2.44. The summed E-state index contributed by atoms with van der Waals surface area (Å²) in [6.07, 6.45) is 1.10. The first-order valence-corrected chi connectivity index (χ1v) is 5.97. The van der Waals surface area contributed by atoms with Gasteiger partial charge in [-0.25, -0.2) is 0 Å². The monoisotopic (exact) mass is 220 g/mol.